The fraction of sp³-hybridized carbons (Fsp3) is 0.484. The van der Waals surface area contributed by atoms with E-state index >= 15 is 0 Å². The fourth-order valence-electron chi connectivity index (χ4n) is 14.6. The van der Waals surface area contributed by atoms with Crippen molar-refractivity contribution in [1.29, 1.82) is 0 Å². The molecule has 436 valence electrons. The quantitative estimate of drug-likeness (QED) is 0.0769. The fourth-order valence-corrected chi connectivity index (χ4v) is 15.6. The average molecular weight is 1150 g/mol. The van der Waals surface area contributed by atoms with Crippen molar-refractivity contribution in [3.8, 4) is 17.4 Å². The first-order chi connectivity index (χ1) is 40.3. The number of carbonyl (C=O) groups is 1. The van der Waals surface area contributed by atoms with Gasteiger partial charge < -0.3 is 48.5 Å². The van der Waals surface area contributed by atoms with Crippen LogP contribution in [0.3, 0.4) is 0 Å². The second-order valence-electron chi connectivity index (χ2n) is 24.1. The van der Waals surface area contributed by atoms with Gasteiger partial charge in [0.1, 0.15) is 29.8 Å². The summed E-state index contributed by atoms with van der Waals surface area (Å²) in [6.07, 6.45) is 7.68. The summed E-state index contributed by atoms with van der Waals surface area (Å²) in [5.41, 5.74) is 6.44. The zero-order valence-corrected chi connectivity index (χ0v) is 47.7. The van der Waals surface area contributed by atoms with Crippen molar-refractivity contribution < 1.29 is 46.6 Å². The van der Waals surface area contributed by atoms with E-state index in [1.54, 1.807) is 6.07 Å². The Morgan fingerprint density at radius 3 is 2.47 bits per heavy atom. The lowest BCUT2D eigenvalue weighted by molar-refractivity contribution is -0.384. The molecule has 9 heterocycles. The maximum absolute atomic E-state index is 15.0. The molecule has 5 atom stereocenters. The second kappa shape index (κ2) is 21.9. The average Bonchev–Trinajstić information content (AvgIpc) is 4.15. The molecule has 4 aromatic carbocycles. The van der Waals surface area contributed by atoms with E-state index in [1.165, 1.54) is 22.8 Å². The van der Waals surface area contributed by atoms with Crippen LogP contribution in [0.25, 0.3) is 11.0 Å². The lowest BCUT2D eigenvalue weighted by atomic mass is 9.59. The van der Waals surface area contributed by atoms with Crippen molar-refractivity contribution in [3.63, 3.8) is 0 Å². The van der Waals surface area contributed by atoms with Gasteiger partial charge in [-0.25, -0.2) is 13.1 Å². The van der Waals surface area contributed by atoms with E-state index in [9.17, 15) is 23.3 Å². The summed E-state index contributed by atoms with van der Waals surface area (Å²) >= 11 is 0. The van der Waals surface area contributed by atoms with Gasteiger partial charge in [0.25, 0.3) is 21.6 Å². The van der Waals surface area contributed by atoms with Gasteiger partial charge in [0, 0.05) is 93.6 Å². The molecule has 4 saturated heterocycles. The van der Waals surface area contributed by atoms with Crippen LogP contribution in [0.5, 0.6) is 17.4 Å². The number of para-hydroxylation sites is 1. The van der Waals surface area contributed by atoms with Crippen molar-refractivity contribution in [3.05, 3.63) is 130 Å². The number of benzene rings is 4. The van der Waals surface area contributed by atoms with Gasteiger partial charge in [0.15, 0.2) is 11.4 Å². The van der Waals surface area contributed by atoms with E-state index in [1.807, 2.05) is 30.5 Å². The number of ether oxygens (including phenoxy) is 6. The van der Waals surface area contributed by atoms with E-state index in [4.69, 9.17) is 33.4 Å². The van der Waals surface area contributed by atoms with Gasteiger partial charge in [-0.05, 0) is 118 Å². The molecule has 0 bridgehead atoms. The van der Waals surface area contributed by atoms with E-state index in [-0.39, 0.29) is 65.2 Å². The monoisotopic (exact) mass is 1150 g/mol. The number of hydrogen-bond donors (Lipinski definition) is 3. The molecular weight excluding hydrogens is 1080 g/mol. The lowest BCUT2D eigenvalue weighted by Gasteiger charge is -2.58. The maximum atomic E-state index is 15.0. The number of nitrogens with zero attached hydrogens (tertiary/aromatic N) is 6. The smallest absolute Gasteiger partial charge is 0.297 e. The van der Waals surface area contributed by atoms with Gasteiger partial charge in [-0.3, -0.25) is 24.7 Å². The Kier molecular flexibility index (Phi) is 14.2. The normalized spacial score (nSPS) is 24.8. The molecule has 21 heteroatoms. The number of amides is 1. The SMILES string of the molecule is CC(C)Oc1ccccc1[C@@H]1CN([C@H]2COCc3ccccc32)CCN1C1CC2(CCN(c3ccc(C(=O)NS(=O)(=O)c4cc5c(c([N+](=O)[O-])c4)N[C@H](C4CCOCC4)CO5)c(N4c5cc6cc[nH]c6nc5O[C@H]5COCC[C@@H]54)c3)CC2)C1. The topological polar surface area (TPSA) is 215 Å². The van der Waals surface area contributed by atoms with Crippen LogP contribution in [0.1, 0.15) is 97.9 Å². The van der Waals surface area contributed by atoms with Gasteiger partial charge in [-0.2, -0.15) is 4.98 Å². The van der Waals surface area contributed by atoms with Crippen molar-refractivity contribution in [1.82, 2.24) is 24.5 Å². The Hall–Kier alpha value is -7.01. The Bertz CT molecular complexity index is 3560. The standard InChI is InChI=1S/C62H71N9O11S/c1-38(2)81-55-10-6-5-9-46(55)53-33-68(54-36-79-34-41-7-3-4-8-45(41)54)22-23-69(53)43-31-62(32-43)17-20-67(21-18-62)42-11-12-47(50(28-42)70-49-16-26-78-37-57(49)82-61-52(70)27-40-13-19-63-59(40)65-61)60(72)66-83(75,76)44-29-51(71(73)74)58-56(30-44)80-35-48(64-58)39-14-24-77-25-15-39/h3-13,19,27-30,38-39,43,48-49,53-54,57,64H,14-18,20-26,31-37H2,1-2H3,(H,63,65)(H,66,72)/t48-,49-,53-,54-,57-/m0/s1. The van der Waals surface area contributed by atoms with Gasteiger partial charge in [0.2, 0.25) is 5.88 Å². The number of carbonyl (C=O) groups excluding carboxylic acids is 1. The number of nitro benzene ring substituents is 1. The summed E-state index contributed by atoms with van der Waals surface area (Å²) in [6.45, 7) is 11.9. The van der Waals surface area contributed by atoms with Gasteiger partial charge in [-0.1, -0.05) is 42.5 Å². The molecule has 1 saturated carbocycles. The van der Waals surface area contributed by atoms with Crippen LogP contribution < -0.4 is 34.0 Å². The zero-order chi connectivity index (χ0) is 56.6. The number of anilines is 4. The predicted molar refractivity (Wildman–Crippen MR) is 311 cm³/mol. The number of nitrogens with one attached hydrogen (secondary N) is 3. The number of piperidine rings is 1. The van der Waals surface area contributed by atoms with Crippen LogP contribution >= 0.6 is 0 Å². The van der Waals surface area contributed by atoms with E-state index in [0.717, 1.165) is 94.1 Å². The van der Waals surface area contributed by atoms with E-state index in [0.29, 0.717) is 75.0 Å². The van der Waals surface area contributed by atoms with Crippen LogP contribution in [-0.4, -0.2) is 142 Å². The largest absolute Gasteiger partial charge is 0.491 e. The number of sulfonamides is 1. The van der Waals surface area contributed by atoms with Crippen LogP contribution in [0.2, 0.25) is 0 Å². The number of aromatic nitrogens is 2. The number of nitro groups is 1. The number of hydrogen-bond acceptors (Lipinski definition) is 17. The Labute approximate surface area is 482 Å². The first-order valence-corrected chi connectivity index (χ1v) is 31.0. The molecule has 1 aliphatic carbocycles. The van der Waals surface area contributed by atoms with Crippen LogP contribution in [0.15, 0.2) is 102 Å². The molecule has 2 aromatic heterocycles. The first-order valence-electron chi connectivity index (χ1n) is 29.5. The molecule has 8 aliphatic rings. The highest BCUT2D eigenvalue weighted by atomic mass is 32.2. The summed E-state index contributed by atoms with van der Waals surface area (Å²) in [5.74, 6) is 0.595. The first kappa shape index (κ1) is 54.0. The van der Waals surface area contributed by atoms with Crippen molar-refractivity contribution in [2.75, 3.05) is 87.5 Å². The molecule has 7 aliphatic heterocycles. The number of H-pyrrole nitrogens is 1. The summed E-state index contributed by atoms with van der Waals surface area (Å²) in [6, 6.07) is 29.3. The minimum atomic E-state index is -4.72. The van der Waals surface area contributed by atoms with Gasteiger partial charge in [0.05, 0.1) is 71.2 Å². The van der Waals surface area contributed by atoms with Crippen LogP contribution in [0.4, 0.5) is 28.4 Å². The highest BCUT2D eigenvalue weighted by molar-refractivity contribution is 7.90. The summed E-state index contributed by atoms with van der Waals surface area (Å²) in [4.78, 5) is 44.4. The molecule has 83 heavy (non-hydrogen) atoms. The molecule has 20 nitrogen and oxygen atoms in total. The number of aromatic amines is 1. The molecule has 3 N–H and O–H groups in total. The molecular formula is C62H71N9O11S. The highest BCUT2D eigenvalue weighted by Crippen LogP contribution is 2.55. The second-order valence-corrected chi connectivity index (χ2v) is 25.8. The van der Waals surface area contributed by atoms with E-state index in [2.05, 4.69) is 97.0 Å². The Morgan fingerprint density at radius 2 is 1.65 bits per heavy atom. The minimum absolute atomic E-state index is 0.0257. The van der Waals surface area contributed by atoms with Crippen LogP contribution in [-0.2, 0) is 30.8 Å². The van der Waals surface area contributed by atoms with Crippen molar-refractivity contribution in [2.24, 2.45) is 11.3 Å². The lowest BCUT2D eigenvalue weighted by Crippen LogP contribution is -2.60. The Balaban J connectivity index is 0.740. The molecule has 1 spiro atoms. The minimum Gasteiger partial charge on any atom is -0.491 e. The molecule has 0 radical (unpaired) electrons. The van der Waals surface area contributed by atoms with Crippen molar-refractivity contribution in [2.45, 2.75) is 113 Å². The van der Waals surface area contributed by atoms with Crippen molar-refractivity contribution >= 4 is 55.4 Å². The third-order valence-corrected chi connectivity index (χ3v) is 20.3. The molecule has 6 aromatic rings. The van der Waals surface area contributed by atoms with Gasteiger partial charge in [-0.15, -0.1) is 0 Å². The summed E-state index contributed by atoms with van der Waals surface area (Å²) in [7, 11) is -4.72. The molecule has 5 fully saturated rings. The number of pyridine rings is 1. The number of piperazine rings is 1. The third-order valence-electron chi connectivity index (χ3n) is 18.9. The van der Waals surface area contributed by atoms with Crippen LogP contribution in [0, 0.1) is 21.4 Å². The van der Waals surface area contributed by atoms with E-state index < -0.39 is 37.5 Å². The Morgan fingerprint density at radius 1 is 0.855 bits per heavy atom. The van der Waals surface area contributed by atoms with Gasteiger partial charge >= 0.3 is 0 Å². The number of fused-ring (bicyclic) bond motifs is 5. The maximum Gasteiger partial charge on any atom is 0.297 e. The highest BCUT2D eigenvalue weighted by Gasteiger charge is 2.51. The predicted octanol–water partition coefficient (Wildman–Crippen LogP) is 9.04. The number of rotatable bonds is 12. The summed E-state index contributed by atoms with van der Waals surface area (Å²) in [5, 5.41) is 16.7. The third kappa shape index (κ3) is 10.2. The molecule has 0 unspecified atom stereocenters. The molecule has 14 rings (SSSR count). The summed E-state index contributed by atoms with van der Waals surface area (Å²) < 4.78 is 68.1. The molecule has 1 amide bonds. The zero-order valence-electron chi connectivity index (χ0n) is 46.9.